The second-order valence-electron chi connectivity index (χ2n) is 10.7. The van der Waals surface area contributed by atoms with E-state index >= 15 is 4.39 Å². The van der Waals surface area contributed by atoms with Crippen LogP contribution in [0.4, 0.5) is 15.8 Å². The molecule has 2 aliphatic heterocycles. The lowest BCUT2D eigenvalue weighted by Crippen LogP contribution is -2.39. The molecule has 2 aromatic carbocycles. The predicted octanol–water partition coefficient (Wildman–Crippen LogP) is 7.04. The molecule has 7 nitrogen and oxygen atoms in total. The molecule has 1 atom stereocenters. The largest absolute Gasteiger partial charge is 0.506 e. The molecule has 4 heterocycles. The Labute approximate surface area is 235 Å². The van der Waals surface area contributed by atoms with Gasteiger partial charge in [0.1, 0.15) is 47.1 Å². The molecule has 1 amide bonds. The first kappa shape index (κ1) is 25.9. The number of allylic oxidation sites excluding steroid dienone is 1. The molecule has 204 valence electrons. The summed E-state index contributed by atoms with van der Waals surface area (Å²) in [4.78, 5) is 19.9. The zero-order valence-electron chi connectivity index (χ0n) is 22.1. The first-order chi connectivity index (χ1) is 19.3. The number of anilines is 2. The van der Waals surface area contributed by atoms with Crippen molar-refractivity contribution in [3.8, 4) is 11.5 Å². The second-order valence-corrected chi connectivity index (χ2v) is 11.4. The minimum Gasteiger partial charge on any atom is -0.506 e. The predicted molar refractivity (Wildman–Crippen MR) is 152 cm³/mol. The number of hydrogen-bond donors (Lipinski definition) is 2. The molecular weight excluding hydrogens is 529 g/mol. The van der Waals surface area contributed by atoms with Gasteiger partial charge < -0.3 is 19.9 Å². The van der Waals surface area contributed by atoms with Crippen LogP contribution in [0.3, 0.4) is 0 Å². The van der Waals surface area contributed by atoms with Gasteiger partial charge in [-0.05, 0) is 65.2 Å². The van der Waals surface area contributed by atoms with Gasteiger partial charge >= 0.3 is 0 Å². The minimum atomic E-state index is -0.970. The summed E-state index contributed by atoms with van der Waals surface area (Å²) in [6.45, 7) is 4.84. The van der Waals surface area contributed by atoms with Crippen LogP contribution in [0.1, 0.15) is 47.9 Å². The van der Waals surface area contributed by atoms with E-state index in [1.807, 2.05) is 16.8 Å². The van der Waals surface area contributed by atoms with E-state index in [0.29, 0.717) is 48.2 Å². The SMILES string of the molecule is CC1(C)COC2=C(C1)Nc1c(O)cccc1N(C(=O)c1ccccn1)C2c1ccc(OCc2ccsc2)cc1F. The smallest absolute Gasteiger partial charge is 0.277 e. The van der Waals surface area contributed by atoms with Crippen LogP contribution in [0.2, 0.25) is 0 Å². The van der Waals surface area contributed by atoms with Crippen LogP contribution >= 0.6 is 11.3 Å². The third-order valence-corrected chi connectivity index (χ3v) is 7.72. The average Bonchev–Trinajstić information content (AvgIpc) is 3.42. The molecule has 2 aliphatic rings. The fraction of sp³-hybridized carbons (Fsp3) is 0.226. The Kier molecular flexibility index (Phi) is 6.67. The zero-order chi connectivity index (χ0) is 27.9. The summed E-state index contributed by atoms with van der Waals surface area (Å²) in [5.41, 5.74) is 2.60. The molecule has 0 spiro atoms. The van der Waals surface area contributed by atoms with E-state index in [2.05, 4.69) is 24.1 Å². The van der Waals surface area contributed by atoms with Gasteiger partial charge in [-0.2, -0.15) is 11.3 Å². The number of nitrogens with one attached hydrogen (secondary N) is 1. The van der Waals surface area contributed by atoms with Gasteiger partial charge in [-0.1, -0.05) is 26.0 Å². The van der Waals surface area contributed by atoms with Gasteiger partial charge in [0, 0.05) is 23.2 Å². The molecule has 0 fully saturated rings. The molecule has 2 aromatic heterocycles. The standard InChI is InChI=1S/C31H28FN3O4S/c1-31(2)15-24-29(39-18-31)28(21-10-9-20(14-22(21)32)38-16-19-11-13-40-17-19)35(30(37)23-6-3-4-12-33-23)25-7-5-8-26(36)27(25)34-24/h3-14,17,28,34,36H,15-16,18H2,1-2H3. The Bertz CT molecular complexity index is 1590. The third kappa shape index (κ3) is 4.88. The maximum absolute atomic E-state index is 16.1. The van der Waals surface area contributed by atoms with E-state index < -0.39 is 17.8 Å². The number of para-hydroxylation sites is 1. The molecule has 0 saturated heterocycles. The number of hydrogen-bond acceptors (Lipinski definition) is 7. The summed E-state index contributed by atoms with van der Waals surface area (Å²) in [7, 11) is 0. The van der Waals surface area contributed by atoms with Gasteiger partial charge in [-0.3, -0.25) is 14.7 Å². The number of rotatable bonds is 5. The normalized spacial score (nSPS) is 17.7. The van der Waals surface area contributed by atoms with Gasteiger partial charge in [-0.15, -0.1) is 0 Å². The molecule has 9 heteroatoms. The lowest BCUT2D eigenvalue weighted by molar-refractivity contribution is 0.0756. The number of ether oxygens (including phenoxy) is 2. The number of nitrogens with zero attached hydrogens (tertiary/aromatic N) is 2. The van der Waals surface area contributed by atoms with Crippen molar-refractivity contribution in [3.63, 3.8) is 0 Å². The van der Waals surface area contributed by atoms with E-state index in [9.17, 15) is 9.90 Å². The maximum Gasteiger partial charge on any atom is 0.277 e. The van der Waals surface area contributed by atoms with E-state index in [1.54, 1.807) is 59.9 Å². The molecule has 0 aliphatic carbocycles. The van der Waals surface area contributed by atoms with Crippen LogP contribution in [0.25, 0.3) is 0 Å². The van der Waals surface area contributed by atoms with Crippen LogP contribution in [0, 0.1) is 11.2 Å². The summed E-state index contributed by atoms with van der Waals surface area (Å²) >= 11 is 1.57. The van der Waals surface area contributed by atoms with Crippen molar-refractivity contribution in [1.29, 1.82) is 0 Å². The van der Waals surface area contributed by atoms with Gasteiger partial charge in [0.25, 0.3) is 5.91 Å². The first-order valence-corrected chi connectivity index (χ1v) is 13.9. The van der Waals surface area contributed by atoms with Crippen molar-refractivity contribution in [2.75, 3.05) is 16.8 Å². The van der Waals surface area contributed by atoms with Crippen LogP contribution in [0.15, 0.2) is 89.1 Å². The monoisotopic (exact) mass is 557 g/mol. The first-order valence-electron chi connectivity index (χ1n) is 12.9. The Hall–Kier alpha value is -4.37. The average molecular weight is 558 g/mol. The van der Waals surface area contributed by atoms with Crippen molar-refractivity contribution in [2.24, 2.45) is 5.41 Å². The van der Waals surface area contributed by atoms with Crippen molar-refractivity contribution in [3.05, 3.63) is 112 Å². The number of carbonyl (C=O) groups excluding carboxylic acids is 1. The fourth-order valence-electron chi connectivity index (χ4n) is 5.07. The van der Waals surface area contributed by atoms with Crippen LogP contribution in [-0.4, -0.2) is 22.6 Å². The van der Waals surface area contributed by atoms with Gasteiger partial charge in [0.15, 0.2) is 0 Å². The molecule has 2 N–H and O–H groups in total. The highest BCUT2D eigenvalue weighted by Gasteiger charge is 2.43. The van der Waals surface area contributed by atoms with Gasteiger partial charge in [0.2, 0.25) is 0 Å². The second kappa shape index (κ2) is 10.3. The Morgan fingerprint density at radius 2 is 2.10 bits per heavy atom. The maximum atomic E-state index is 16.1. The highest BCUT2D eigenvalue weighted by Crippen LogP contribution is 2.50. The number of halogens is 1. The number of amides is 1. The number of pyridine rings is 1. The molecule has 0 saturated carbocycles. The number of phenols is 1. The van der Waals surface area contributed by atoms with Crippen molar-refractivity contribution in [2.45, 2.75) is 32.9 Å². The van der Waals surface area contributed by atoms with Crippen LogP contribution in [0.5, 0.6) is 11.5 Å². The number of phenolic OH excluding ortho intramolecular Hbond substituents is 1. The van der Waals surface area contributed by atoms with E-state index in [1.165, 1.54) is 17.2 Å². The lowest BCUT2D eigenvalue weighted by atomic mass is 9.85. The minimum absolute atomic E-state index is 0.0372. The third-order valence-electron chi connectivity index (χ3n) is 6.99. The summed E-state index contributed by atoms with van der Waals surface area (Å²) in [6.07, 6.45) is 2.11. The summed E-state index contributed by atoms with van der Waals surface area (Å²) in [5, 5.41) is 18.2. The summed E-state index contributed by atoms with van der Waals surface area (Å²) in [5.74, 6) is -0.246. The van der Waals surface area contributed by atoms with Crippen molar-refractivity contribution in [1.82, 2.24) is 4.98 Å². The lowest BCUT2D eigenvalue weighted by Gasteiger charge is -2.38. The number of benzene rings is 2. The van der Waals surface area contributed by atoms with Crippen LogP contribution < -0.4 is 15.0 Å². The highest BCUT2D eigenvalue weighted by molar-refractivity contribution is 7.07. The van der Waals surface area contributed by atoms with Gasteiger partial charge in [0.05, 0.1) is 18.0 Å². The molecule has 40 heavy (non-hydrogen) atoms. The highest BCUT2D eigenvalue weighted by atomic mass is 32.1. The van der Waals surface area contributed by atoms with Gasteiger partial charge in [-0.25, -0.2) is 4.39 Å². The van der Waals surface area contributed by atoms with Crippen molar-refractivity contribution >= 4 is 28.6 Å². The zero-order valence-corrected chi connectivity index (χ0v) is 22.9. The number of carbonyl (C=O) groups is 1. The molecule has 0 radical (unpaired) electrons. The Morgan fingerprint density at radius 1 is 1.23 bits per heavy atom. The number of aromatic nitrogens is 1. The number of thiophene rings is 1. The van der Waals surface area contributed by atoms with E-state index in [0.717, 1.165) is 5.56 Å². The van der Waals surface area contributed by atoms with E-state index in [-0.39, 0.29) is 22.4 Å². The molecule has 6 rings (SSSR count). The molecule has 1 unspecified atom stereocenters. The van der Waals surface area contributed by atoms with E-state index in [4.69, 9.17) is 9.47 Å². The topological polar surface area (TPSA) is 83.9 Å². The van der Waals surface area contributed by atoms with Crippen molar-refractivity contribution < 1.29 is 23.8 Å². The molecular formula is C31H28FN3O4S. The molecule has 0 bridgehead atoms. The fourth-order valence-corrected chi connectivity index (χ4v) is 5.72. The molecule has 4 aromatic rings. The Balaban J connectivity index is 1.51. The Morgan fingerprint density at radius 3 is 2.85 bits per heavy atom. The number of fused-ring (bicyclic) bond motifs is 1. The summed E-state index contributed by atoms with van der Waals surface area (Å²) in [6, 6.07) is 15.6. The van der Waals surface area contributed by atoms with Crippen LogP contribution in [-0.2, 0) is 11.3 Å². The number of aromatic hydroxyl groups is 1. The quantitative estimate of drug-likeness (QED) is 0.256. The summed E-state index contributed by atoms with van der Waals surface area (Å²) < 4.78 is 28.2.